The summed E-state index contributed by atoms with van der Waals surface area (Å²) >= 11 is 7.22. The second-order valence-corrected chi connectivity index (χ2v) is 6.09. The van der Waals surface area contributed by atoms with Crippen molar-refractivity contribution in [3.05, 3.63) is 9.47 Å². The van der Waals surface area contributed by atoms with E-state index in [2.05, 4.69) is 22.0 Å². The Morgan fingerprint density at radius 2 is 2.38 bits per heavy atom. The van der Waals surface area contributed by atoms with E-state index in [1.54, 1.807) is 0 Å². The minimum absolute atomic E-state index is 0.524. The van der Waals surface area contributed by atoms with Crippen molar-refractivity contribution in [1.82, 2.24) is 15.1 Å². The number of aromatic nitrogens is 2. The predicted octanol–water partition coefficient (Wildman–Crippen LogP) is 1.61. The fraction of sp³-hybridized carbons (Fsp3) is 0.800. The van der Waals surface area contributed by atoms with Crippen LogP contribution in [0, 0.1) is 11.8 Å². The summed E-state index contributed by atoms with van der Waals surface area (Å²) in [5, 5.41) is 8.86. The van der Waals surface area contributed by atoms with Gasteiger partial charge in [-0.15, -0.1) is 10.2 Å². The van der Waals surface area contributed by atoms with Gasteiger partial charge in [0.25, 0.3) is 0 Å². The van der Waals surface area contributed by atoms with E-state index in [4.69, 9.17) is 17.3 Å². The van der Waals surface area contributed by atoms with E-state index in [9.17, 15) is 0 Å². The molecule has 0 spiro atoms. The fourth-order valence-electron chi connectivity index (χ4n) is 2.16. The highest BCUT2D eigenvalue weighted by Gasteiger charge is 2.25. The molecule has 1 saturated heterocycles. The Kier molecular flexibility index (Phi) is 4.13. The van der Waals surface area contributed by atoms with Crippen LogP contribution in [0.5, 0.6) is 0 Å². The van der Waals surface area contributed by atoms with Gasteiger partial charge in [-0.05, 0) is 42.9 Å². The normalized spacial score (nSPS) is 27.2. The first-order valence-corrected chi connectivity index (χ1v) is 6.78. The van der Waals surface area contributed by atoms with Gasteiger partial charge in [-0.1, -0.05) is 18.3 Å². The predicted molar refractivity (Wildman–Crippen MR) is 66.5 cm³/mol. The van der Waals surface area contributed by atoms with Crippen LogP contribution in [-0.4, -0.2) is 34.7 Å². The van der Waals surface area contributed by atoms with Crippen LogP contribution in [0.1, 0.15) is 18.4 Å². The van der Waals surface area contributed by atoms with Crippen molar-refractivity contribution < 1.29 is 0 Å². The molecule has 0 saturated carbocycles. The van der Waals surface area contributed by atoms with E-state index in [0.717, 1.165) is 37.1 Å². The fourth-order valence-corrected chi connectivity index (χ4v) is 3.07. The number of likely N-dealkylation sites (tertiary alicyclic amines) is 1. The molecule has 2 unspecified atom stereocenters. The van der Waals surface area contributed by atoms with Crippen molar-refractivity contribution in [1.29, 1.82) is 0 Å². The second-order valence-electron chi connectivity index (χ2n) is 4.45. The highest BCUT2D eigenvalue weighted by molar-refractivity contribution is 7.15. The van der Waals surface area contributed by atoms with Gasteiger partial charge in [0.1, 0.15) is 5.01 Å². The number of nitrogens with two attached hydrogens (primary N) is 1. The zero-order valence-electron chi connectivity index (χ0n) is 9.40. The van der Waals surface area contributed by atoms with Gasteiger partial charge < -0.3 is 5.73 Å². The average Bonchev–Trinajstić information content (AvgIpc) is 2.67. The molecule has 1 fully saturated rings. The molecule has 0 radical (unpaired) electrons. The largest absolute Gasteiger partial charge is 0.330 e. The number of hydrogen-bond donors (Lipinski definition) is 1. The standard InChI is InChI=1S/C10H17ClN4S/c1-7-2-3-15(5-8(7)4-12)6-9-13-14-10(11)16-9/h7-8H,2-6,12H2,1H3. The summed E-state index contributed by atoms with van der Waals surface area (Å²) < 4.78 is 0.524. The second kappa shape index (κ2) is 5.40. The molecular weight excluding hydrogens is 244 g/mol. The molecule has 90 valence electrons. The number of nitrogens with zero attached hydrogens (tertiary/aromatic N) is 3. The molecule has 6 heteroatoms. The molecule has 0 bridgehead atoms. The maximum atomic E-state index is 5.78. The SMILES string of the molecule is CC1CCN(Cc2nnc(Cl)s2)CC1CN. The first-order valence-electron chi connectivity index (χ1n) is 5.59. The van der Waals surface area contributed by atoms with Crippen molar-refractivity contribution in [3.8, 4) is 0 Å². The van der Waals surface area contributed by atoms with Crippen LogP contribution in [0.4, 0.5) is 0 Å². The third kappa shape index (κ3) is 2.91. The van der Waals surface area contributed by atoms with Crippen LogP contribution in [-0.2, 0) is 6.54 Å². The molecule has 2 rings (SSSR count). The maximum Gasteiger partial charge on any atom is 0.207 e. The van der Waals surface area contributed by atoms with Gasteiger partial charge in [-0.2, -0.15) is 0 Å². The van der Waals surface area contributed by atoms with Gasteiger partial charge in [0.05, 0.1) is 6.54 Å². The summed E-state index contributed by atoms with van der Waals surface area (Å²) in [5.74, 6) is 1.34. The van der Waals surface area contributed by atoms with Crippen molar-refractivity contribution in [3.63, 3.8) is 0 Å². The Labute approximate surface area is 105 Å². The zero-order valence-corrected chi connectivity index (χ0v) is 11.0. The van der Waals surface area contributed by atoms with Crippen molar-refractivity contribution in [2.24, 2.45) is 17.6 Å². The molecule has 0 amide bonds. The highest BCUT2D eigenvalue weighted by atomic mass is 35.5. The van der Waals surface area contributed by atoms with Gasteiger partial charge >= 0.3 is 0 Å². The van der Waals surface area contributed by atoms with E-state index in [1.165, 1.54) is 17.8 Å². The lowest BCUT2D eigenvalue weighted by Gasteiger charge is -2.35. The van der Waals surface area contributed by atoms with Crippen LogP contribution in [0.15, 0.2) is 0 Å². The molecule has 1 aromatic rings. The lowest BCUT2D eigenvalue weighted by atomic mass is 9.87. The molecule has 0 aromatic carbocycles. The van der Waals surface area contributed by atoms with Gasteiger partial charge in [0.2, 0.25) is 4.47 Å². The van der Waals surface area contributed by atoms with Crippen LogP contribution in [0.25, 0.3) is 0 Å². The van der Waals surface area contributed by atoms with Crippen LogP contribution in [0.3, 0.4) is 0 Å². The summed E-state index contributed by atoms with van der Waals surface area (Å²) in [6, 6.07) is 0. The molecule has 1 aliphatic heterocycles. The number of rotatable bonds is 3. The van der Waals surface area contributed by atoms with Gasteiger partial charge in [0.15, 0.2) is 0 Å². The first-order chi connectivity index (χ1) is 7.69. The molecule has 0 aliphatic carbocycles. The van der Waals surface area contributed by atoms with E-state index in [-0.39, 0.29) is 0 Å². The van der Waals surface area contributed by atoms with E-state index in [1.807, 2.05) is 0 Å². The van der Waals surface area contributed by atoms with E-state index < -0.39 is 0 Å². The van der Waals surface area contributed by atoms with Crippen LogP contribution >= 0.6 is 22.9 Å². The molecule has 2 atom stereocenters. The lowest BCUT2D eigenvalue weighted by molar-refractivity contribution is 0.126. The zero-order chi connectivity index (χ0) is 11.5. The lowest BCUT2D eigenvalue weighted by Crippen LogP contribution is -2.42. The first kappa shape index (κ1) is 12.2. The Balaban J connectivity index is 1.91. The minimum Gasteiger partial charge on any atom is -0.330 e. The van der Waals surface area contributed by atoms with Gasteiger partial charge in [-0.3, -0.25) is 4.90 Å². The molecule has 2 heterocycles. The summed E-state index contributed by atoms with van der Waals surface area (Å²) in [6.45, 7) is 6.10. The molecule has 2 N–H and O–H groups in total. The molecule has 16 heavy (non-hydrogen) atoms. The Hall–Kier alpha value is -0.230. The Morgan fingerprint density at radius 1 is 1.56 bits per heavy atom. The topological polar surface area (TPSA) is 55.0 Å². The number of halogens is 1. The number of hydrogen-bond acceptors (Lipinski definition) is 5. The van der Waals surface area contributed by atoms with Crippen molar-refractivity contribution in [2.75, 3.05) is 19.6 Å². The van der Waals surface area contributed by atoms with E-state index >= 15 is 0 Å². The van der Waals surface area contributed by atoms with Crippen molar-refractivity contribution >= 4 is 22.9 Å². The van der Waals surface area contributed by atoms with E-state index in [0.29, 0.717) is 10.4 Å². The van der Waals surface area contributed by atoms with Crippen LogP contribution in [0.2, 0.25) is 4.47 Å². The van der Waals surface area contributed by atoms with Crippen LogP contribution < -0.4 is 5.73 Å². The molecule has 1 aliphatic rings. The monoisotopic (exact) mass is 260 g/mol. The molecule has 4 nitrogen and oxygen atoms in total. The highest BCUT2D eigenvalue weighted by Crippen LogP contribution is 2.24. The Bertz CT molecular complexity index is 343. The summed E-state index contributed by atoms with van der Waals surface area (Å²) in [7, 11) is 0. The van der Waals surface area contributed by atoms with Crippen molar-refractivity contribution in [2.45, 2.75) is 19.9 Å². The van der Waals surface area contributed by atoms with Gasteiger partial charge in [0, 0.05) is 6.54 Å². The summed E-state index contributed by atoms with van der Waals surface area (Å²) in [6.07, 6.45) is 1.22. The number of piperidine rings is 1. The maximum absolute atomic E-state index is 5.78. The van der Waals surface area contributed by atoms with Gasteiger partial charge in [-0.25, -0.2) is 0 Å². The Morgan fingerprint density at radius 3 is 3.00 bits per heavy atom. The molecular formula is C10H17ClN4S. The molecule has 1 aromatic heterocycles. The average molecular weight is 261 g/mol. The quantitative estimate of drug-likeness (QED) is 0.897. The third-order valence-electron chi connectivity index (χ3n) is 3.30. The summed E-state index contributed by atoms with van der Waals surface area (Å²) in [5.41, 5.74) is 5.78. The summed E-state index contributed by atoms with van der Waals surface area (Å²) in [4.78, 5) is 2.40. The smallest absolute Gasteiger partial charge is 0.207 e. The third-order valence-corrected chi connectivity index (χ3v) is 4.31. The minimum atomic E-state index is 0.524.